The van der Waals surface area contributed by atoms with Crippen LogP contribution in [0.15, 0.2) is 47.5 Å². The lowest BCUT2D eigenvalue weighted by atomic mass is 10.1. The lowest BCUT2D eigenvalue weighted by molar-refractivity contribution is 0.240. The Bertz CT molecular complexity index is 1120. The van der Waals surface area contributed by atoms with Crippen LogP contribution in [0.2, 0.25) is 0 Å². The summed E-state index contributed by atoms with van der Waals surface area (Å²) in [6.07, 6.45) is 4.02. The van der Waals surface area contributed by atoms with Gasteiger partial charge in [-0.05, 0) is 24.5 Å². The summed E-state index contributed by atoms with van der Waals surface area (Å²) >= 11 is 0. The quantitative estimate of drug-likeness (QED) is 0.582. The molecule has 138 valence electrons. The largest absolute Gasteiger partial charge is 0.345 e. The molecule has 2 aliphatic rings. The van der Waals surface area contributed by atoms with E-state index < -0.39 is 0 Å². The van der Waals surface area contributed by atoms with E-state index in [2.05, 4.69) is 34.3 Å². The van der Waals surface area contributed by atoms with Crippen LogP contribution in [0.1, 0.15) is 20.3 Å². The van der Waals surface area contributed by atoms with Gasteiger partial charge in [-0.2, -0.15) is 19.6 Å². The number of fused-ring (bicyclic) bond motifs is 3. The molecule has 0 saturated heterocycles. The minimum Gasteiger partial charge on any atom is -0.345 e. The third-order valence-corrected chi connectivity index (χ3v) is 4.45. The zero-order chi connectivity index (χ0) is 19.0. The smallest absolute Gasteiger partial charge is 0.344 e. The number of aromatic amines is 1. The van der Waals surface area contributed by atoms with Crippen molar-refractivity contribution in [3.05, 3.63) is 53.1 Å². The monoisotopic (exact) mass is 364 g/mol. The molecule has 1 amide bonds. The maximum atomic E-state index is 12.7. The van der Waals surface area contributed by atoms with Crippen LogP contribution in [0.3, 0.4) is 0 Å². The molecule has 0 spiro atoms. The predicted molar refractivity (Wildman–Crippen MR) is 102 cm³/mol. The van der Waals surface area contributed by atoms with Gasteiger partial charge in [0.2, 0.25) is 0 Å². The van der Waals surface area contributed by atoms with Crippen LogP contribution in [0, 0.1) is 5.92 Å². The van der Waals surface area contributed by atoms with Gasteiger partial charge in [-0.15, -0.1) is 0 Å². The fraction of sp³-hybridized carbons (Fsp3) is 0.263. The maximum absolute atomic E-state index is 12.7. The standard InChI is InChI=1S/C19H20N6O2/c1-12(2)8-9-20-19(27)25-17-14(11-22-25)16-15(10-21-17)18(26)24(23-16)13-6-4-3-5-7-13/h3-7,10-12,21H,8-9H2,1-2H3,(H,20,27). The summed E-state index contributed by atoms with van der Waals surface area (Å²) < 4.78 is 2.62. The minimum atomic E-state index is -0.314. The van der Waals surface area contributed by atoms with Crippen LogP contribution >= 0.6 is 0 Å². The van der Waals surface area contributed by atoms with Crippen molar-refractivity contribution in [2.75, 3.05) is 6.54 Å². The van der Waals surface area contributed by atoms with Crippen molar-refractivity contribution in [1.29, 1.82) is 0 Å². The molecule has 0 bridgehead atoms. The molecule has 27 heavy (non-hydrogen) atoms. The average molecular weight is 364 g/mol. The summed E-state index contributed by atoms with van der Waals surface area (Å²) in [6.45, 7) is 4.78. The first-order valence-electron chi connectivity index (χ1n) is 8.88. The number of carbonyl (C=O) groups is 1. The molecule has 0 aliphatic carbocycles. The Hall–Kier alpha value is -3.42. The molecule has 0 radical (unpaired) electrons. The number of amides is 1. The summed E-state index contributed by atoms with van der Waals surface area (Å²) in [5.41, 5.74) is 1.93. The Morgan fingerprint density at radius 3 is 2.78 bits per heavy atom. The number of hydrogen-bond acceptors (Lipinski definition) is 4. The normalized spacial score (nSPS) is 11.5. The van der Waals surface area contributed by atoms with Crippen molar-refractivity contribution in [2.24, 2.45) is 5.92 Å². The highest BCUT2D eigenvalue weighted by atomic mass is 16.2. The Morgan fingerprint density at radius 2 is 2.04 bits per heavy atom. The summed E-state index contributed by atoms with van der Waals surface area (Å²) in [4.78, 5) is 28.1. The van der Waals surface area contributed by atoms with Gasteiger partial charge < -0.3 is 10.3 Å². The molecule has 2 aliphatic heterocycles. The van der Waals surface area contributed by atoms with Crippen molar-refractivity contribution in [3.63, 3.8) is 0 Å². The molecule has 1 aromatic heterocycles. The van der Waals surface area contributed by atoms with Gasteiger partial charge in [-0.25, -0.2) is 4.79 Å². The van der Waals surface area contributed by atoms with Gasteiger partial charge in [0.1, 0.15) is 11.3 Å². The Balaban J connectivity index is 1.75. The van der Waals surface area contributed by atoms with Crippen molar-refractivity contribution in [2.45, 2.75) is 20.3 Å². The Morgan fingerprint density at radius 1 is 1.26 bits per heavy atom. The molecule has 1 aromatic carbocycles. The molecule has 4 rings (SSSR count). The predicted octanol–water partition coefficient (Wildman–Crippen LogP) is 2.62. The number of nitrogens with zero attached hydrogens (tertiary/aromatic N) is 4. The fourth-order valence-electron chi connectivity index (χ4n) is 2.99. The first-order valence-corrected chi connectivity index (χ1v) is 8.88. The number of nitrogens with one attached hydrogen (secondary N) is 2. The second kappa shape index (κ2) is 6.71. The average Bonchev–Trinajstić information content (AvgIpc) is 3.23. The molecular formula is C19H20N6O2. The number of carbonyl (C=O) groups excluding carboxylic acids is 1. The van der Waals surface area contributed by atoms with Gasteiger partial charge in [0.15, 0.2) is 0 Å². The summed E-state index contributed by atoms with van der Waals surface area (Å²) in [5.74, 6) is 0.503. The van der Waals surface area contributed by atoms with Crippen LogP contribution in [0.4, 0.5) is 4.79 Å². The molecule has 2 N–H and O–H groups in total. The first-order chi connectivity index (χ1) is 13.1. The van der Waals surface area contributed by atoms with E-state index in [0.29, 0.717) is 40.4 Å². The van der Waals surface area contributed by atoms with Crippen LogP contribution in [0.5, 0.6) is 0 Å². The zero-order valence-electron chi connectivity index (χ0n) is 15.1. The van der Waals surface area contributed by atoms with Gasteiger partial charge in [0.25, 0.3) is 5.56 Å². The van der Waals surface area contributed by atoms with Crippen LogP contribution < -0.4 is 10.9 Å². The number of hydrogen-bond donors (Lipinski definition) is 2. The Labute approximate surface area is 155 Å². The van der Waals surface area contributed by atoms with Gasteiger partial charge in [0.05, 0.1) is 22.8 Å². The van der Waals surface area contributed by atoms with Crippen LogP contribution in [-0.4, -0.2) is 37.1 Å². The highest BCUT2D eigenvalue weighted by molar-refractivity contribution is 5.95. The third-order valence-electron chi connectivity index (χ3n) is 4.45. The third kappa shape index (κ3) is 2.99. The first kappa shape index (κ1) is 17.0. The number of benzene rings is 1. The van der Waals surface area contributed by atoms with E-state index in [4.69, 9.17) is 0 Å². The molecule has 0 atom stereocenters. The van der Waals surface area contributed by atoms with E-state index in [1.165, 1.54) is 9.36 Å². The molecule has 0 fully saturated rings. The van der Waals surface area contributed by atoms with Gasteiger partial charge in [0, 0.05) is 12.7 Å². The molecule has 3 heterocycles. The highest BCUT2D eigenvalue weighted by Crippen LogP contribution is 2.25. The van der Waals surface area contributed by atoms with Gasteiger partial charge in [-0.3, -0.25) is 4.79 Å². The summed E-state index contributed by atoms with van der Waals surface area (Å²) in [6, 6.07) is 8.90. The van der Waals surface area contributed by atoms with Gasteiger partial charge >= 0.3 is 6.03 Å². The lowest BCUT2D eigenvalue weighted by Crippen LogP contribution is -2.30. The van der Waals surface area contributed by atoms with Crippen molar-refractivity contribution in [3.8, 4) is 16.9 Å². The van der Waals surface area contributed by atoms with E-state index in [1.54, 1.807) is 12.4 Å². The molecule has 0 saturated carbocycles. The van der Waals surface area contributed by atoms with Crippen LogP contribution in [0.25, 0.3) is 28.0 Å². The number of rotatable bonds is 4. The van der Waals surface area contributed by atoms with E-state index in [0.717, 1.165) is 6.42 Å². The highest BCUT2D eigenvalue weighted by Gasteiger charge is 2.22. The summed E-state index contributed by atoms with van der Waals surface area (Å²) in [7, 11) is 0. The van der Waals surface area contributed by atoms with Crippen molar-refractivity contribution >= 4 is 17.1 Å². The topological polar surface area (TPSA) is 97.6 Å². The second-order valence-corrected chi connectivity index (χ2v) is 6.84. The molecule has 0 unspecified atom stereocenters. The van der Waals surface area contributed by atoms with Crippen LogP contribution in [-0.2, 0) is 0 Å². The van der Waals surface area contributed by atoms with Crippen molar-refractivity contribution in [1.82, 2.24) is 29.9 Å². The second-order valence-electron chi connectivity index (χ2n) is 6.84. The minimum absolute atomic E-state index is 0.219. The Kier molecular flexibility index (Phi) is 4.23. The number of para-hydroxylation sites is 1. The van der Waals surface area contributed by atoms with E-state index in [-0.39, 0.29) is 11.6 Å². The zero-order valence-corrected chi connectivity index (χ0v) is 15.1. The van der Waals surface area contributed by atoms with Gasteiger partial charge in [-0.1, -0.05) is 32.0 Å². The molecule has 8 heteroatoms. The maximum Gasteiger partial charge on any atom is 0.344 e. The number of H-pyrrole nitrogens is 1. The van der Waals surface area contributed by atoms with Crippen molar-refractivity contribution < 1.29 is 4.79 Å². The van der Waals surface area contributed by atoms with E-state index in [1.807, 2.05) is 30.3 Å². The molecule has 8 nitrogen and oxygen atoms in total. The molecular weight excluding hydrogens is 344 g/mol. The lowest BCUT2D eigenvalue weighted by Gasteiger charge is -2.07. The van der Waals surface area contributed by atoms with E-state index in [9.17, 15) is 9.59 Å². The molecule has 2 aromatic rings. The summed E-state index contributed by atoms with van der Waals surface area (Å²) in [5, 5.41) is 12.1. The SMILES string of the molecule is CC(C)CCNC(=O)n1ncc2c3nn(-c4ccccc4)c(=O)c-3c[nH]c21. The fourth-order valence-corrected chi connectivity index (χ4v) is 2.99. The number of aromatic nitrogens is 5. The van der Waals surface area contributed by atoms with E-state index >= 15 is 0 Å². The number of pyridine rings is 1.